The van der Waals surface area contributed by atoms with Gasteiger partial charge in [-0.05, 0) is 25.0 Å². The number of hydrogen-bond acceptors (Lipinski definition) is 4. The molecule has 1 N–H and O–H groups in total. The smallest absolute Gasteiger partial charge is 0.339 e. The molecule has 7 heteroatoms. The average molecular weight is 359 g/mol. The van der Waals surface area contributed by atoms with Crippen molar-refractivity contribution in [3.8, 4) is 0 Å². The molecule has 1 aromatic carbocycles. The highest BCUT2D eigenvalue weighted by Gasteiger charge is 2.27. The maximum absolute atomic E-state index is 12.4. The van der Waals surface area contributed by atoms with Crippen LogP contribution in [0.5, 0.6) is 0 Å². The van der Waals surface area contributed by atoms with Gasteiger partial charge in [0.15, 0.2) is 0 Å². The zero-order valence-corrected chi connectivity index (χ0v) is 14.9. The van der Waals surface area contributed by atoms with Crippen molar-refractivity contribution in [2.45, 2.75) is 32.1 Å². The maximum Gasteiger partial charge on any atom is 0.350 e. The molecule has 26 heavy (non-hydrogen) atoms. The predicted molar refractivity (Wildman–Crippen MR) is 95.1 cm³/mol. The molecule has 0 atom stereocenters. The summed E-state index contributed by atoms with van der Waals surface area (Å²) in [7, 11) is 0. The molecule has 140 valence electrons. The lowest BCUT2D eigenvalue weighted by Gasteiger charge is -2.34. The van der Waals surface area contributed by atoms with E-state index in [-0.39, 0.29) is 17.8 Å². The van der Waals surface area contributed by atoms with Gasteiger partial charge in [-0.1, -0.05) is 37.5 Å². The molecule has 0 spiro atoms. The Morgan fingerprint density at radius 2 is 1.50 bits per heavy atom. The van der Waals surface area contributed by atoms with Crippen LogP contribution in [0.3, 0.4) is 0 Å². The number of amides is 3. The lowest BCUT2D eigenvalue weighted by molar-refractivity contribution is -0.155. The molecule has 1 saturated carbocycles. The summed E-state index contributed by atoms with van der Waals surface area (Å²) in [6, 6.07) is 8.67. The minimum atomic E-state index is -0.430. The molecule has 1 aromatic rings. The second kappa shape index (κ2) is 8.69. The standard InChI is InChI=1S/C19H25N3O4/c23-17(15-7-3-1-4-8-15)21-11-13-22(14-12-21)19(25)20-26-18(24)16-9-5-2-6-10-16/h1,3-4,7-8,16H,2,5-6,9-14H2,(H,20,25). The second-order valence-corrected chi connectivity index (χ2v) is 6.81. The van der Waals surface area contributed by atoms with Crippen molar-refractivity contribution in [2.75, 3.05) is 26.2 Å². The van der Waals surface area contributed by atoms with E-state index in [1.807, 2.05) is 18.2 Å². The summed E-state index contributed by atoms with van der Waals surface area (Å²) in [4.78, 5) is 44.8. The lowest BCUT2D eigenvalue weighted by Crippen LogP contribution is -2.53. The van der Waals surface area contributed by atoms with E-state index in [1.165, 1.54) is 0 Å². The SMILES string of the molecule is O=C(ONC(=O)N1CCN(C(=O)c2ccccc2)CC1)C1CCCCC1. The summed E-state index contributed by atoms with van der Waals surface area (Å²) in [5, 5.41) is 0. The molecule has 1 heterocycles. The van der Waals surface area contributed by atoms with Crippen LogP contribution in [0.15, 0.2) is 30.3 Å². The van der Waals surface area contributed by atoms with Gasteiger partial charge >= 0.3 is 12.0 Å². The summed E-state index contributed by atoms with van der Waals surface area (Å²) in [6.07, 6.45) is 4.88. The highest BCUT2D eigenvalue weighted by molar-refractivity contribution is 5.94. The molecule has 1 saturated heterocycles. The number of urea groups is 1. The Hall–Kier alpha value is -2.57. The molecule has 7 nitrogen and oxygen atoms in total. The Morgan fingerprint density at radius 3 is 2.15 bits per heavy atom. The largest absolute Gasteiger partial charge is 0.350 e. The number of carbonyl (C=O) groups excluding carboxylic acids is 3. The van der Waals surface area contributed by atoms with E-state index in [1.54, 1.807) is 21.9 Å². The van der Waals surface area contributed by atoms with Crippen molar-refractivity contribution in [2.24, 2.45) is 5.92 Å². The quantitative estimate of drug-likeness (QED) is 0.821. The van der Waals surface area contributed by atoms with E-state index in [4.69, 9.17) is 4.84 Å². The number of piperazine rings is 1. The first-order chi connectivity index (χ1) is 12.6. The second-order valence-electron chi connectivity index (χ2n) is 6.81. The third-order valence-electron chi connectivity index (χ3n) is 5.05. The normalized spacial score (nSPS) is 18.3. The third kappa shape index (κ3) is 4.53. The molecular formula is C19H25N3O4. The van der Waals surface area contributed by atoms with E-state index < -0.39 is 6.03 Å². The highest BCUT2D eigenvalue weighted by Crippen LogP contribution is 2.24. The van der Waals surface area contributed by atoms with Gasteiger partial charge in [-0.2, -0.15) is 5.48 Å². The van der Waals surface area contributed by atoms with Crippen LogP contribution in [-0.2, 0) is 9.63 Å². The monoisotopic (exact) mass is 359 g/mol. The Morgan fingerprint density at radius 1 is 0.885 bits per heavy atom. The summed E-state index contributed by atoms with van der Waals surface area (Å²) in [5.74, 6) is -0.491. The number of hydroxylamine groups is 1. The summed E-state index contributed by atoms with van der Waals surface area (Å²) >= 11 is 0. The van der Waals surface area contributed by atoms with Gasteiger partial charge in [0, 0.05) is 31.7 Å². The molecule has 3 rings (SSSR count). The molecule has 0 radical (unpaired) electrons. The average Bonchev–Trinajstić information content (AvgIpc) is 2.72. The van der Waals surface area contributed by atoms with E-state index in [0.29, 0.717) is 31.7 Å². The molecule has 0 aromatic heterocycles. The Labute approximate surface area is 153 Å². The van der Waals surface area contributed by atoms with Crippen LogP contribution in [0.2, 0.25) is 0 Å². The van der Waals surface area contributed by atoms with Crippen LogP contribution in [-0.4, -0.2) is 53.9 Å². The number of benzene rings is 1. The first kappa shape index (κ1) is 18.2. The third-order valence-corrected chi connectivity index (χ3v) is 5.05. The van der Waals surface area contributed by atoms with Crippen molar-refractivity contribution in [3.05, 3.63) is 35.9 Å². The van der Waals surface area contributed by atoms with Gasteiger partial charge < -0.3 is 14.6 Å². The Balaban J connectivity index is 1.42. The minimum Gasteiger partial charge on any atom is -0.339 e. The Bertz CT molecular complexity index is 635. The number of rotatable bonds is 2. The van der Waals surface area contributed by atoms with Gasteiger partial charge in [0.05, 0.1) is 5.92 Å². The van der Waals surface area contributed by atoms with Crippen molar-refractivity contribution < 1.29 is 19.2 Å². The van der Waals surface area contributed by atoms with Gasteiger partial charge in [0.1, 0.15) is 0 Å². The topological polar surface area (TPSA) is 79.0 Å². The molecule has 2 aliphatic rings. The zero-order valence-electron chi connectivity index (χ0n) is 14.9. The predicted octanol–water partition coefficient (Wildman–Crippen LogP) is 2.19. The first-order valence-electron chi connectivity index (χ1n) is 9.25. The maximum atomic E-state index is 12.4. The van der Waals surface area contributed by atoms with Crippen molar-refractivity contribution in [1.29, 1.82) is 0 Å². The lowest BCUT2D eigenvalue weighted by atomic mass is 9.89. The van der Waals surface area contributed by atoms with Gasteiger partial charge in [-0.15, -0.1) is 0 Å². The minimum absolute atomic E-state index is 0.0330. The van der Waals surface area contributed by atoms with E-state index in [0.717, 1.165) is 32.1 Å². The molecule has 1 aliphatic heterocycles. The molecule has 0 bridgehead atoms. The Kier molecular flexibility index (Phi) is 6.09. The van der Waals surface area contributed by atoms with Crippen molar-refractivity contribution in [1.82, 2.24) is 15.3 Å². The van der Waals surface area contributed by atoms with Crippen LogP contribution in [0.1, 0.15) is 42.5 Å². The fraction of sp³-hybridized carbons (Fsp3) is 0.526. The van der Waals surface area contributed by atoms with Crippen LogP contribution < -0.4 is 5.48 Å². The summed E-state index contributed by atoms with van der Waals surface area (Å²) < 4.78 is 0. The first-order valence-corrected chi connectivity index (χ1v) is 9.25. The van der Waals surface area contributed by atoms with Crippen LogP contribution in [0.4, 0.5) is 4.79 Å². The van der Waals surface area contributed by atoms with Gasteiger partial charge in [0.2, 0.25) is 0 Å². The van der Waals surface area contributed by atoms with Gasteiger partial charge in [0.25, 0.3) is 5.91 Å². The van der Waals surface area contributed by atoms with Crippen molar-refractivity contribution in [3.63, 3.8) is 0 Å². The highest BCUT2D eigenvalue weighted by atomic mass is 16.7. The van der Waals surface area contributed by atoms with E-state index in [9.17, 15) is 14.4 Å². The van der Waals surface area contributed by atoms with E-state index in [2.05, 4.69) is 5.48 Å². The van der Waals surface area contributed by atoms with Crippen LogP contribution in [0, 0.1) is 5.92 Å². The van der Waals surface area contributed by atoms with E-state index >= 15 is 0 Å². The molecule has 0 unspecified atom stereocenters. The molecule has 1 aliphatic carbocycles. The number of hydrogen-bond donors (Lipinski definition) is 1. The molecule has 3 amide bonds. The fourth-order valence-corrected chi connectivity index (χ4v) is 3.46. The molecule has 2 fully saturated rings. The van der Waals surface area contributed by atoms with Crippen LogP contribution in [0.25, 0.3) is 0 Å². The number of nitrogens with one attached hydrogen (secondary N) is 1. The summed E-state index contributed by atoms with van der Waals surface area (Å²) in [5.41, 5.74) is 2.90. The fourth-order valence-electron chi connectivity index (χ4n) is 3.46. The van der Waals surface area contributed by atoms with Crippen LogP contribution >= 0.6 is 0 Å². The molecular weight excluding hydrogens is 334 g/mol. The number of carbonyl (C=O) groups is 3. The van der Waals surface area contributed by atoms with Crippen molar-refractivity contribution >= 4 is 17.9 Å². The van der Waals surface area contributed by atoms with Gasteiger partial charge in [-0.25, -0.2) is 9.59 Å². The number of nitrogens with zero attached hydrogens (tertiary/aromatic N) is 2. The summed E-state index contributed by atoms with van der Waals surface area (Å²) in [6.45, 7) is 1.73. The zero-order chi connectivity index (χ0) is 18.4. The van der Waals surface area contributed by atoms with Gasteiger partial charge in [-0.3, -0.25) is 4.79 Å².